The molecule has 0 radical (unpaired) electrons. The number of benzene rings is 7. The highest BCUT2D eigenvalue weighted by atomic mass is 35.5. The molecule has 7 aromatic carbocycles. The lowest BCUT2D eigenvalue weighted by molar-refractivity contribution is 1.07. The SMILES string of the molecule is Clc1nc(-c2ccc3ccc(-c4cccc5ccccc45)cc3c2)nc(-c2cccc3c(-c4ccccc4)cccc23)n1. The van der Waals surface area contributed by atoms with Crippen molar-refractivity contribution in [2.75, 3.05) is 0 Å². The molecule has 0 unspecified atom stereocenters. The average molecular weight is 570 g/mol. The zero-order valence-corrected chi connectivity index (χ0v) is 23.8. The Labute approximate surface area is 254 Å². The molecule has 1 heterocycles. The predicted molar refractivity (Wildman–Crippen MR) is 179 cm³/mol. The fraction of sp³-hybridized carbons (Fsp3) is 0. The highest BCUT2D eigenvalue weighted by Crippen LogP contribution is 2.35. The molecule has 0 bridgehead atoms. The molecule has 0 amide bonds. The van der Waals surface area contributed by atoms with Crippen LogP contribution in [0.4, 0.5) is 0 Å². The summed E-state index contributed by atoms with van der Waals surface area (Å²) < 4.78 is 0. The number of rotatable bonds is 4. The van der Waals surface area contributed by atoms with Gasteiger partial charge in [-0.25, -0.2) is 4.98 Å². The second kappa shape index (κ2) is 10.5. The molecule has 0 aliphatic heterocycles. The molecule has 0 N–H and O–H groups in total. The molecule has 202 valence electrons. The topological polar surface area (TPSA) is 38.7 Å². The molecule has 0 atom stereocenters. The standard InChI is InChI=1S/C39H24ClN3/c40-39-42-37(41-38(43-39)36-18-8-16-34-32(15-7-17-35(34)36)26-9-2-1-3-10-26)29-22-20-25-19-21-28(23-30(25)24-29)33-14-6-12-27-11-4-5-13-31(27)33/h1-24H. The van der Waals surface area contributed by atoms with E-state index in [9.17, 15) is 0 Å². The summed E-state index contributed by atoms with van der Waals surface area (Å²) in [5.74, 6) is 1.10. The van der Waals surface area contributed by atoms with E-state index >= 15 is 0 Å². The van der Waals surface area contributed by atoms with Gasteiger partial charge in [0.1, 0.15) is 0 Å². The van der Waals surface area contributed by atoms with Crippen molar-refractivity contribution in [3.05, 3.63) is 151 Å². The third kappa shape index (κ3) is 4.61. The molecule has 0 aliphatic rings. The zero-order valence-electron chi connectivity index (χ0n) is 23.1. The minimum absolute atomic E-state index is 0.167. The van der Waals surface area contributed by atoms with Crippen molar-refractivity contribution in [1.82, 2.24) is 15.0 Å². The third-order valence-corrected chi connectivity index (χ3v) is 8.22. The monoisotopic (exact) mass is 569 g/mol. The molecular formula is C39H24ClN3. The van der Waals surface area contributed by atoms with Gasteiger partial charge in [-0.15, -0.1) is 0 Å². The molecule has 0 saturated carbocycles. The van der Waals surface area contributed by atoms with Gasteiger partial charge in [-0.3, -0.25) is 0 Å². The van der Waals surface area contributed by atoms with Crippen molar-refractivity contribution < 1.29 is 0 Å². The molecule has 4 heteroatoms. The number of nitrogens with zero attached hydrogens (tertiary/aromatic N) is 3. The molecule has 0 saturated heterocycles. The van der Waals surface area contributed by atoms with E-state index in [2.05, 4.69) is 131 Å². The summed E-state index contributed by atoms with van der Waals surface area (Å²) in [5.41, 5.74) is 6.51. The Balaban J connectivity index is 1.24. The van der Waals surface area contributed by atoms with Crippen LogP contribution in [0.5, 0.6) is 0 Å². The molecule has 43 heavy (non-hydrogen) atoms. The number of halogens is 1. The van der Waals surface area contributed by atoms with E-state index in [1.807, 2.05) is 24.3 Å². The van der Waals surface area contributed by atoms with E-state index in [0.717, 1.165) is 38.2 Å². The van der Waals surface area contributed by atoms with Crippen molar-refractivity contribution in [2.45, 2.75) is 0 Å². The lowest BCUT2D eigenvalue weighted by atomic mass is 9.95. The summed E-state index contributed by atoms with van der Waals surface area (Å²) in [4.78, 5) is 14.1. The zero-order chi connectivity index (χ0) is 28.8. The number of hydrogen-bond donors (Lipinski definition) is 0. The van der Waals surface area contributed by atoms with Gasteiger partial charge >= 0.3 is 0 Å². The van der Waals surface area contributed by atoms with E-state index in [0.29, 0.717) is 11.6 Å². The first-order valence-electron chi connectivity index (χ1n) is 14.2. The molecule has 8 rings (SSSR count). The summed E-state index contributed by atoms with van der Waals surface area (Å²) in [6.07, 6.45) is 0. The molecule has 0 fully saturated rings. The lowest BCUT2D eigenvalue weighted by Crippen LogP contribution is -1.98. The van der Waals surface area contributed by atoms with Gasteiger partial charge in [-0.2, -0.15) is 9.97 Å². The Morgan fingerprint density at radius 2 is 0.930 bits per heavy atom. The van der Waals surface area contributed by atoms with Gasteiger partial charge in [-0.05, 0) is 78.3 Å². The summed E-state index contributed by atoms with van der Waals surface area (Å²) in [7, 11) is 0. The smallest absolute Gasteiger partial charge is 0.208 e. The first kappa shape index (κ1) is 25.3. The van der Waals surface area contributed by atoms with Crippen molar-refractivity contribution in [3.8, 4) is 45.0 Å². The Kier molecular flexibility index (Phi) is 6.17. The highest BCUT2D eigenvalue weighted by molar-refractivity contribution is 6.28. The van der Waals surface area contributed by atoms with E-state index < -0.39 is 0 Å². The molecule has 3 nitrogen and oxygen atoms in total. The first-order chi connectivity index (χ1) is 21.2. The van der Waals surface area contributed by atoms with E-state index in [1.54, 1.807) is 0 Å². The van der Waals surface area contributed by atoms with Crippen molar-refractivity contribution in [2.24, 2.45) is 0 Å². The van der Waals surface area contributed by atoms with Gasteiger partial charge in [0.05, 0.1) is 0 Å². The Morgan fingerprint density at radius 1 is 0.349 bits per heavy atom. The summed E-state index contributed by atoms with van der Waals surface area (Å²) >= 11 is 6.54. The normalized spacial score (nSPS) is 11.4. The van der Waals surface area contributed by atoms with Crippen LogP contribution in [0.2, 0.25) is 5.28 Å². The Hall–Kier alpha value is -5.38. The largest absolute Gasteiger partial charge is 0.226 e. The molecule has 1 aromatic heterocycles. The van der Waals surface area contributed by atoms with Gasteiger partial charge in [0, 0.05) is 11.1 Å². The predicted octanol–water partition coefficient (Wildman–Crippen LogP) is 10.7. The third-order valence-electron chi connectivity index (χ3n) is 8.05. The fourth-order valence-corrected chi connectivity index (χ4v) is 6.16. The van der Waals surface area contributed by atoms with E-state index in [4.69, 9.17) is 16.6 Å². The van der Waals surface area contributed by atoms with Crippen LogP contribution < -0.4 is 0 Å². The van der Waals surface area contributed by atoms with Gasteiger partial charge < -0.3 is 0 Å². The lowest BCUT2D eigenvalue weighted by Gasteiger charge is -2.12. The van der Waals surface area contributed by atoms with E-state index in [1.165, 1.54) is 27.5 Å². The quantitative estimate of drug-likeness (QED) is 0.211. The van der Waals surface area contributed by atoms with Crippen LogP contribution in [-0.2, 0) is 0 Å². The van der Waals surface area contributed by atoms with Crippen LogP contribution >= 0.6 is 11.6 Å². The summed E-state index contributed by atoms with van der Waals surface area (Å²) in [6, 6.07) is 50.8. The number of hydrogen-bond acceptors (Lipinski definition) is 3. The van der Waals surface area contributed by atoms with Crippen molar-refractivity contribution in [1.29, 1.82) is 0 Å². The molecule has 0 spiro atoms. The first-order valence-corrected chi connectivity index (χ1v) is 14.6. The van der Waals surface area contributed by atoms with Crippen LogP contribution in [-0.4, -0.2) is 15.0 Å². The maximum absolute atomic E-state index is 6.54. The minimum Gasteiger partial charge on any atom is -0.208 e. The number of aromatic nitrogens is 3. The van der Waals surface area contributed by atoms with Crippen molar-refractivity contribution >= 4 is 43.9 Å². The van der Waals surface area contributed by atoms with Crippen LogP contribution in [0.15, 0.2) is 146 Å². The van der Waals surface area contributed by atoms with Gasteiger partial charge in [0.25, 0.3) is 0 Å². The van der Waals surface area contributed by atoms with Gasteiger partial charge in [-0.1, -0.05) is 133 Å². The molecule has 8 aromatic rings. The van der Waals surface area contributed by atoms with Gasteiger partial charge in [0.15, 0.2) is 11.6 Å². The second-order valence-corrected chi connectivity index (χ2v) is 11.0. The van der Waals surface area contributed by atoms with Crippen LogP contribution in [0.25, 0.3) is 77.3 Å². The number of fused-ring (bicyclic) bond motifs is 3. The van der Waals surface area contributed by atoms with E-state index in [-0.39, 0.29) is 5.28 Å². The van der Waals surface area contributed by atoms with Crippen LogP contribution in [0.3, 0.4) is 0 Å². The van der Waals surface area contributed by atoms with Crippen LogP contribution in [0.1, 0.15) is 0 Å². The van der Waals surface area contributed by atoms with Crippen LogP contribution in [0, 0.1) is 0 Å². The highest BCUT2D eigenvalue weighted by Gasteiger charge is 2.14. The molecular weight excluding hydrogens is 546 g/mol. The molecule has 0 aliphatic carbocycles. The summed E-state index contributed by atoms with van der Waals surface area (Å²) in [5, 5.41) is 7.09. The maximum Gasteiger partial charge on any atom is 0.226 e. The Bertz CT molecular complexity index is 2310. The van der Waals surface area contributed by atoms with Gasteiger partial charge in [0.2, 0.25) is 5.28 Å². The minimum atomic E-state index is 0.167. The fourth-order valence-electron chi connectivity index (χ4n) is 6.00. The average Bonchev–Trinajstić information content (AvgIpc) is 3.07. The second-order valence-electron chi connectivity index (χ2n) is 10.6. The maximum atomic E-state index is 6.54. The Morgan fingerprint density at radius 3 is 1.77 bits per heavy atom. The summed E-state index contributed by atoms with van der Waals surface area (Å²) in [6.45, 7) is 0. The van der Waals surface area contributed by atoms with Crippen molar-refractivity contribution in [3.63, 3.8) is 0 Å².